The normalized spacial score (nSPS) is 19.0. The number of para-hydroxylation sites is 3. The molecule has 3 heterocycles. The highest BCUT2D eigenvalue weighted by atomic mass is 35.5. The van der Waals surface area contributed by atoms with Gasteiger partial charge < -0.3 is 9.57 Å². The Morgan fingerprint density at radius 2 is 1.50 bits per heavy atom. The van der Waals surface area contributed by atoms with Crippen LogP contribution in [0.15, 0.2) is 150 Å². The molecule has 44 heavy (non-hydrogen) atoms. The second kappa shape index (κ2) is 11.1. The summed E-state index contributed by atoms with van der Waals surface area (Å²) in [5, 5.41) is 6.40. The quantitative estimate of drug-likeness (QED) is 0.194. The van der Waals surface area contributed by atoms with Gasteiger partial charge in [0, 0.05) is 43.7 Å². The van der Waals surface area contributed by atoms with E-state index in [1.54, 1.807) is 11.8 Å². The fourth-order valence-electron chi connectivity index (χ4n) is 5.98. The van der Waals surface area contributed by atoms with Gasteiger partial charge in [-0.25, -0.2) is 4.98 Å². The number of ether oxygens (including phenoxy) is 1. The molecule has 2 unspecified atom stereocenters. The molecule has 0 fully saturated rings. The Morgan fingerprint density at radius 3 is 2.32 bits per heavy atom. The monoisotopic (exact) mass is 611 g/mol. The molecule has 7 heteroatoms. The lowest BCUT2D eigenvalue weighted by Gasteiger charge is -2.38. The number of amidine groups is 1. The van der Waals surface area contributed by atoms with E-state index in [1.807, 2.05) is 91.0 Å². The average Bonchev–Trinajstić information content (AvgIpc) is 3.38. The number of aromatic nitrogens is 1. The summed E-state index contributed by atoms with van der Waals surface area (Å²) >= 11 is 8.08. The van der Waals surface area contributed by atoms with Crippen LogP contribution in [0.1, 0.15) is 28.4 Å². The summed E-state index contributed by atoms with van der Waals surface area (Å²) in [5.41, 5.74) is 3.89. The molecule has 0 amide bonds. The van der Waals surface area contributed by atoms with E-state index >= 15 is 0 Å². The van der Waals surface area contributed by atoms with Crippen molar-refractivity contribution >= 4 is 45.8 Å². The number of rotatable bonds is 5. The van der Waals surface area contributed by atoms with Gasteiger partial charge >= 0.3 is 0 Å². The van der Waals surface area contributed by atoms with Gasteiger partial charge in [0.15, 0.2) is 5.84 Å². The maximum Gasteiger partial charge on any atom is 0.242 e. The van der Waals surface area contributed by atoms with Crippen LogP contribution in [-0.4, -0.2) is 10.8 Å². The van der Waals surface area contributed by atoms with E-state index in [4.69, 9.17) is 31.3 Å². The summed E-state index contributed by atoms with van der Waals surface area (Å²) in [7, 11) is 0. The smallest absolute Gasteiger partial charge is 0.242 e. The van der Waals surface area contributed by atoms with Crippen LogP contribution in [0.2, 0.25) is 5.02 Å². The number of nitrogens with zero attached hydrogens (tertiary/aromatic N) is 3. The number of hydrogen-bond acceptors (Lipinski definition) is 6. The van der Waals surface area contributed by atoms with Gasteiger partial charge in [-0.3, -0.25) is 4.90 Å². The first-order valence-corrected chi connectivity index (χ1v) is 15.7. The van der Waals surface area contributed by atoms with Crippen molar-refractivity contribution in [2.75, 3.05) is 4.90 Å². The Labute approximate surface area is 264 Å². The van der Waals surface area contributed by atoms with Crippen molar-refractivity contribution in [3.8, 4) is 11.6 Å². The standard InChI is InChI=1S/C37H26ClN3O2S/c38-28-21-19-25(20-22-28)35-40-43-37(27-12-3-1-4-13-27)24-34(44-33-18-10-9-17-32(33)41(35)37)30-23-26-11-7-8-16-31(26)39-36(30)42-29-14-5-2-6-15-29/h1-23,34H,24H2. The lowest BCUT2D eigenvalue weighted by atomic mass is 9.92. The number of pyridine rings is 1. The molecule has 0 radical (unpaired) electrons. The summed E-state index contributed by atoms with van der Waals surface area (Å²) in [6.07, 6.45) is 0.572. The minimum atomic E-state index is -0.934. The van der Waals surface area contributed by atoms with Gasteiger partial charge in [0.25, 0.3) is 0 Å². The van der Waals surface area contributed by atoms with Crippen molar-refractivity contribution in [2.24, 2.45) is 5.16 Å². The van der Waals surface area contributed by atoms with Gasteiger partial charge in [-0.05, 0) is 60.7 Å². The Kier molecular flexibility index (Phi) is 6.74. The van der Waals surface area contributed by atoms with Crippen molar-refractivity contribution in [2.45, 2.75) is 22.3 Å². The van der Waals surface area contributed by atoms with E-state index in [-0.39, 0.29) is 5.25 Å². The van der Waals surface area contributed by atoms with Crippen molar-refractivity contribution in [1.29, 1.82) is 0 Å². The topological polar surface area (TPSA) is 47.0 Å². The predicted octanol–water partition coefficient (Wildman–Crippen LogP) is 9.97. The van der Waals surface area contributed by atoms with E-state index in [0.29, 0.717) is 17.3 Å². The first-order valence-electron chi connectivity index (χ1n) is 14.4. The third-order valence-corrected chi connectivity index (χ3v) is 9.60. The third kappa shape index (κ3) is 4.67. The highest BCUT2D eigenvalue weighted by Crippen LogP contribution is 2.57. The van der Waals surface area contributed by atoms with Crippen LogP contribution in [-0.2, 0) is 10.6 Å². The number of fused-ring (bicyclic) bond motifs is 4. The molecule has 8 rings (SSSR count). The van der Waals surface area contributed by atoms with Crippen molar-refractivity contribution in [3.05, 3.63) is 161 Å². The molecule has 2 aliphatic heterocycles. The molecule has 1 aromatic heterocycles. The van der Waals surface area contributed by atoms with Gasteiger partial charge in [0.2, 0.25) is 11.6 Å². The molecule has 0 saturated heterocycles. The third-order valence-electron chi connectivity index (χ3n) is 8.04. The summed E-state index contributed by atoms with van der Waals surface area (Å²) < 4.78 is 6.53. The van der Waals surface area contributed by atoms with E-state index in [0.717, 1.165) is 49.8 Å². The molecular weight excluding hydrogens is 586 g/mol. The number of hydrogen-bond donors (Lipinski definition) is 0. The van der Waals surface area contributed by atoms with Gasteiger partial charge in [0.1, 0.15) is 5.75 Å². The van der Waals surface area contributed by atoms with E-state index in [2.05, 4.69) is 53.4 Å². The number of oxime groups is 1. The predicted molar refractivity (Wildman–Crippen MR) is 178 cm³/mol. The van der Waals surface area contributed by atoms with Gasteiger partial charge in [-0.1, -0.05) is 95.6 Å². The Hall–Kier alpha value is -4.78. The second-order valence-corrected chi connectivity index (χ2v) is 12.4. The van der Waals surface area contributed by atoms with Crippen LogP contribution in [0.5, 0.6) is 11.6 Å². The molecule has 214 valence electrons. The van der Waals surface area contributed by atoms with Crippen LogP contribution in [0.3, 0.4) is 0 Å². The number of thioether (sulfide) groups is 1. The van der Waals surface area contributed by atoms with Crippen molar-refractivity contribution in [3.63, 3.8) is 0 Å². The first kappa shape index (κ1) is 26.8. The van der Waals surface area contributed by atoms with Gasteiger partial charge in [-0.2, -0.15) is 0 Å². The summed E-state index contributed by atoms with van der Waals surface area (Å²) in [6, 6.07) is 46.7. The lowest BCUT2D eigenvalue weighted by molar-refractivity contribution is -0.0284. The molecule has 5 aromatic carbocycles. The fraction of sp³-hybridized carbons (Fsp3) is 0.0811. The second-order valence-electron chi connectivity index (χ2n) is 10.8. The Balaban J connectivity index is 1.33. The summed E-state index contributed by atoms with van der Waals surface area (Å²) in [6.45, 7) is 0. The number of halogens is 1. The Morgan fingerprint density at radius 1 is 0.795 bits per heavy atom. The van der Waals surface area contributed by atoms with Crippen LogP contribution in [0.4, 0.5) is 5.69 Å². The first-order chi connectivity index (χ1) is 21.7. The van der Waals surface area contributed by atoms with Gasteiger partial charge in [-0.15, -0.1) is 11.8 Å². The lowest BCUT2D eigenvalue weighted by Crippen LogP contribution is -2.47. The molecule has 0 aliphatic carbocycles. The van der Waals surface area contributed by atoms with E-state index in [1.165, 1.54) is 0 Å². The average molecular weight is 612 g/mol. The zero-order chi connectivity index (χ0) is 29.5. The molecule has 0 spiro atoms. The van der Waals surface area contributed by atoms with Crippen LogP contribution in [0, 0.1) is 0 Å². The summed E-state index contributed by atoms with van der Waals surface area (Å²) in [5.74, 6) is 2.05. The number of benzene rings is 5. The molecule has 0 saturated carbocycles. The van der Waals surface area contributed by atoms with Crippen LogP contribution in [0.25, 0.3) is 10.9 Å². The SMILES string of the molecule is Clc1ccc(C2=NOC3(c4ccccc4)CC(c4cc5ccccc5nc4Oc4ccccc4)Sc4ccccc4N23)cc1. The van der Waals surface area contributed by atoms with Crippen molar-refractivity contribution < 1.29 is 9.57 Å². The molecular formula is C37H26ClN3O2S. The highest BCUT2D eigenvalue weighted by molar-refractivity contribution is 7.99. The van der Waals surface area contributed by atoms with E-state index < -0.39 is 5.72 Å². The van der Waals surface area contributed by atoms with Crippen LogP contribution < -0.4 is 9.64 Å². The zero-order valence-electron chi connectivity index (χ0n) is 23.5. The maximum atomic E-state index is 6.67. The Bertz CT molecular complexity index is 2000. The molecule has 5 nitrogen and oxygen atoms in total. The van der Waals surface area contributed by atoms with Crippen LogP contribution >= 0.6 is 23.4 Å². The highest BCUT2D eigenvalue weighted by Gasteiger charge is 2.53. The number of anilines is 1. The molecule has 0 N–H and O–H groups in total. The minimum absolute atomic E-state index is 0.100. The minimum Gasteiger partial charge on any atom is -0.439 e. The summed E-state index contributed by atoms with van der Waals surface area (Å²) in [4.78, 5) is 15.1. The molecule has 2 aliphatic rings. The zero-order valence-corrected chi connectivity index (χ0v) is 25.1. The molecule has 2 atom stereocenters. The maximum absolute atomic E-state index is 6.67. The van der Waals surface area contributed by atoms with E-state index in [9.17, 15) is 0 Å². The van der Waals surface area contributed by atoms with Crippen molar-refractivity contribution in [1.82, 2.24) is 4.98 Å². The molecule has 0 bridgehead atoms. The molecule has 6 aromatic rings. The van der Waals surface area contributed by atoms with Gasteiger partial charge in [0.05, 0.1) is 11.2 Å². The fourth-order valence-corrected chi connectivity index (χ4v) is 7.45. The largest absolute Gasteiger partial charge is 0.439 e.